The van der Waals surface area contributed by atoms with Crippen molar-refractivity contribution < 1.29 is 0 Å². The van der Waals surface area contributed by atoms with Crippen LogP contribution in [0.3, 0.4) is 0 Å². The van der Waals surface area contributed by atoms with Gasteiger partial charge in [-0.3, -0.25) is 4.90 Å². The fraction of sp³-hybridized carbons (Fsp3) is 0.625. The predicted octanol–water partition coefficient (Wildman–Crippen LogP) is 1.79. The molecule has 0 spiro atoms. The van der Waals surface area contributed by atoms with E-state index in [2.05, 4.69) is 54.1 Å². The molecule has 0 saturated carbocycles. The average Bonchev–Trinajstić information content (AvgIpc) is 2.43. The molecule has 1 aromatic carbocycles. The molecule has 2 atom stereocenters. The summed E-state index contributed by atoms with van der Waals surface area (Å²) in [7, 11) is 2.20. The van der Waals surface area contributed by atoms with Gasteiger partial charge in [0.15, 0.2) is 0 Å². The SMILES string of the molecule is CCN(Cc1ccccc1)CC1CN(C)CCC1N. The molecular formula is C16H27N3. The zero-order valence-corrected chi connectivity index (χ0v) is 12.3. The Morgan fingerprint density at radius 2 is 2.05 bits per heavy atom. The summed E-state index contributed by atoms with van der Waals surface area (Å²) in [5, 5.41) is 0. The molecule has 0 bridgehead atoms. The van der Waals surface area contributed by atoms with Crippen molar-refractivity contribution in [3.8, 4) is 0 Å². The lowest BCUT2D eigenvalue weighted by molar-refractivity contribution is 0.133. The highest BCUT2D eigenvalue weighted by Gasteiger charge is 2.26. The number of hydrogen-bond acceptors (Lipinski definition) is 3. The highest BCUT2D eigenvalue weighted by molar-refractivity contribution is 5.14. The Morgan fingerprint density at radius 3 is 2.74 bits per heavy atom. The number of rotatable bonds is 5. The van der Waals surface area contributed by atoms with Gasteiger partial charge < -0.3 is 10.6 Å². The Labute approximate surface area is 117 Å². The number of nitrogens with zero attached hydrogens (tertiary/aromatic N) is 2. The van der Waals surface area contributed by atoms with Gasteiger partial charge >= 0.3 is 0 Å². The smallest absolute Gasteiger partial charge is 0.0233 e. The zero-order valence-electron chi connectivity index (χ0n) is 12.3. The molecule has 1 aliphatic heterocycles. The van der Waals surface area contributed by atoms with Gasteiger partial charge in [0.25, 0.3) is 0 Å². The van der Waals surface area contributed by atoms with Crippen molar-refractivity contribution in [2.45, 2.75) is 25.9 Å². The van der Waals surface area contributed by atoms with Crippen LogP contribution in [0.25, 0.3) is 0 Å². The Kier molecular flexibility index (Phi) is 5.37. The van der Waals surface area contributed by atoms with E-state index in [1.54, 1.807) is 0 Å². The van der Waals surface area contributed by atoms with E-state index in [0.29, 0.717) is 12.0 Å². The maximum atomic E-state index is 6.28. The predicted molar refractivity (Wildman–Crippen MR) is 81.0 cm³/mol. The second kappa shape index (κ2) is 7.04. The molecule has 2 N–H and O–H groups in total. The molecule has 19 heavy (non-hydrogen) atoms. The number of hydrogen-bond donors (Lipinski definition) is 1. The molecule has 1 aromatic rings. The van der Waals surface area contributed by atoms with E-state index in [1.165, 1.54) is 5.56 Å². The first-order valence-electron chi connectivity index (χ1n) is 7.39. The van der Waals surface area contributed by atoms with E-state index in [-0.39, 0.29) is 0 Å². The number of nitrogens with two attached hydrogens (primary N) is 1. The molecule has 1 heterocycles. The van der Waals surface area contributed by atoms with Crippen molar-refractivity contribution in [2.75, 3.05) is 33.2 Å². The summed E-state index contributed by atoms with van der Waals surface area (Å²) in [5.41, 5.74) is 7.68. The van der Waals surface area contributed by atoms with E-state index < -0.39 is 0 Å². The first-order chi connectivity index (χ1) is 9.19. The molecule has 0 aromatic heterocycles. The zero-order chi connectivity index (χ0) is 13.7. The van der Waals surface area contributed by atoms with Crippen molar-refractivity contribution in [3.05, 3.63) is 35.9 Å². The van der Waals surface area contributed by atoms with Gasteiger partial charge in [-0.05, 0) is 38.0 Å². The summed E-state index contributed by atoms with van der Waals surface area (Å²) in [6.07, 6.45) is 1.13. The summed E-state index contributed by atoms with van der Waals surface area (Å²) < 4.78 is 0. The van der Waals surface area contributed by atoms with Crippen molar-refractivity contribution in [2.24, 2.45) is 11.7 Å². The van der Waals surface area contributed by atoms with Gasteiger partial charge in [-0.25, -0.2) is 0 Å². The van der Waals surface area contributed by atoms with Crippen molar-refractivity contribution in [3.63, 3.8) is 0 Å². The molecule has 2 rings (SSSR count). The summed E-state index contributed by atoms with van der Waals surface area (Å²) in [6, 6.07) is 11.1. The summed E-state index contributed by atoms with van der Waals surface area (Å²) >= 11 is 0. The van der Waals surface area contributed by atoms with E-state index in [4.69, 9.17) is 5.73 Å². The minimum atomic E-state index is 0.362. The molecule has 0 amide bonds. The fourth-order valence-electron chi connectivity index (χ4n) is 2.90. The normalized spacial score (nSPS) is 24.8. The molecule has 0 aliphatic carbocycles. The summed E-state index contributed by atoms with van der Waals surface area (Å²) in [5.74, 6) is 0.599. The Bertz CT molecular complexity index is 366. The molecule has 106 valence electrons. The standard InChI is InChI=1S/C16H27N3/c1-3-19(11-14-7-5-4-6-8-14)13-15-12-18(2)10-9-16(15)17/h4-8,15-16H,3,9-13,17H2,1-2H3. The average molecular weight is 261 g/mol. The lowest BCUT2D eigenvalue weighted by atomic mass is 9.92. The number of benzene rings is 1. The van der Waals surface area contributed by atoms with Crippen molar-refractivity contribution in [1.82, 2.24) is 9.80 Å². The highest BCUT2D eigenvalue weighted by Crippen LogP contribution is 2.17. The minimum Gasteiger partial charge on any atom is -0.327 e. The molecule has 3 nitrogen and oxygen atoms in total. The molecule has 3 heteroatoms. The van der Waals surface area contributed by atoms with Gasteiger partial charge in [-0.1, -0.05) is 37.3 Å². The summed E-state index contributed by atoms with van der Waals surface area (Å²) in [4.78, 5) is 4.92. The van der Waals surface area contributed by atoms with E-state index in [1.807, 2.05) is 0 Å². The van der Waals surface area contributed by atoms with Crippen molar-refractivity contribution in [1.29, 1.82) is 0 Å². The lowest BCUT2D eigenvalue weighted by Crippen LogP contribution is -2.49. The van der Waals surface area contributed by atoms with Gasteiger partial charge in [-0.15, -0.1) is 0 Å². The van der Waals surface area contributed by atoms with Crippen LogP contribution in [0.2, 0.25) is 0 Å². The van der Waals surface area contributed by atoms with Gasteiger partial charge in [0, 0.05) is 25.7 Å². The first-order valence-corrected chi connectivity index (χ1v) is 7.39. The molecule has 1 fully saturated rings. The molecule has 1 saturated heterocycles. The van der Waals surface area contributed by atoms with Gasteiger partial charge in [0.1, 0.15) is 0 Å². The maximum absolute atomic E-state index is 6.28. The van der Waals surface area contributed by atoms with Crippen LogP contribution >= 0.6 is 0 Å². The molecule has 2 unspecified atom stereocenters. The molecular weight excluding hydrogens is 234 g/mol. The van der Waals surface area contributed by atoms with Crippen LogP contribution < -0.4 is 5.73 Å². The van der Waals surface area contributed by atoms with Gasteiger partial charge in [-0.2, -0.15) is 0 Å². The van der Waals surface area contributed by atoms with Crippen LogP contribution in [0.15, 0.2) is 30.3 Å². The van der Waals surface area contributed by atoms with E-state index in [9.17, 15) is 0 Å². The fourth-order valence-corrected chi connectivity index (χ4v) is 2.90. The van der Waals surface area contributed by atoms with E-state index in [0.717, 1.165) is 39.1 Å². The maximum Gasteiger partial charge on any atom is 0.0233 e. The van der Waals surface area contributed by atoms with E-state index >= 15 is 0 Å². The van der Waals surface area contributed by atoms with Crippen LogP contribution in [0.1, 0.15) is 18.9 Å². The minimum absolute atomic E-state index is 0.362. The third-order valence-corrected chi connectivity index (χ3v) is 4.18. The third kappa shape index (κ3) is 4.30. The molecule has 1 aliphatic rings. The second-order valence-corrected chi connectivity index (χ2v) is 5.79. The Balaban J connectivity index is 1.91. The molecule has 0 radical (unpaired) electrons. The highest BCUT2D eigenvalue weighted by atomic mass is 15.2. The number of likely N-dealkylation sites (tertiary alicyclic amines) is 1. The van der Waals surface area contributed by atoms with Crippen LogP contribution in [0.4, 0.5) is 0 Å². The second-order valence-electron chi connectivity index (χ2n) is 5.79. The van der Waals surface area contributed by atoms with Crippen LogP contribution in [-0.2, 0) is 6.54 Å². The Hall–Kier alpha value is -0.900. The first kappa shape index (κ1) is 14.5. The summed E-state index contributed by atoms with van der Waals surface area (Å²) in [6.45, 7) is 7.74. The lowest BCUT2D eigenvalue weighted by Gasteiger charge is -2.37. The largest absolute Gasteiger partial charge is 0.327 e. The monoisotopic (exact) mass is 261 g/mol. The Morgan fingerprint density at radius 1 is 1.32 bits per heavy atom. The van der Waals surface area contributed by atoms with Gasteiger partial charge in [0.05, 0.1) is 0 Å². The topological polar surface area (TPSA) is 32.5 Å². The quantitative estimate of drug-likeness (QED) is 0.877. The van der Waals surface area contributed by atoms with Crippen LogP contribution in [0, 0.1) is 5.92 Å². The van der Waals surface area contributed by atoms with Crippen molar-refractivity contribution >= 4 is 0 Å². The number of piperidine rings is 1. The van der Waals surface area contributed by atoms with Crippen LogP contribution in [-0.4, -0.2) is 49.1 Å². The third-order valence-electron chi connectivity index (χ3n) is 4.18. The van der Waals surface area contributed by atoms with Crippen LogP contribution in [0.5, 0.6) is 0 Å². The van der Waals surface area contributed by atoms with Gasteiger partial charge in [0.2, 0.25) is 0 Å².